The summed E-state index contributed by atoms with van der Waals surface area (Å²) in [5, 5.41) is 3.98. The van der Waals surface area contributed by atoms with E-state index in [9.17, 15) is 0 Å². The van der Waals surface area contributed by atoms with Crippen molar-refractivity contribution in [2.45, 2.75) is 6.04 Å². The second-order valence-corrected chi connectivity index (χ2v) is 5.92. The lowest BCUT2D eigenvalue weighted by atomic mass is 9.96. The van der Waals surface area contributed by atoms with E-state index in [1.807, 2.05) is 31.3 Å². The maximum atomic E-state index is 6.25. The summed E-state index contributed by atoms with van der Waals surface area (Å²) in [5.41, 5.74) is 2.42. The molecule has 0 spiro atoms. The fourth-order valence-electron chi connectivity index (χ4n) is 2.99. The molecule has 0 bridgehead atoms. The molecule has 1 unspecified atom stereocenters. The van der Waals surface area contributed by atoms with E-state index < -0.39 is 0 Å². The van der Waals surface area contributed by atoms with Gasteiger partial charge in [-0.15, -0.1) is 24.8 Å². The van der Waals surface area contributed by atoms with Crippen LogP contribution in [0.2, 0.25) is 5.02 Å². The second-order valence-electron chi connectivity index (χ2n) is 5.48. The molecule has 3 rings (SSSR count). The Kier molecular flexibility index (Phi) is 8.88. The van der Waals surface area contributed by atoms with Crippen molar-refractivity contribution in [3.05, 3.63) is 64.7 Å². The molecule has 1 heterocycles. The number of hydrogen-bond acceptors (Lipinski definition) is 3. The average molecular weight is 390 g/mol. The van der Waals surface area contributed by atoms with E-state index >= 15 is 0 Å². The van der Waals surface area contributed by atoms with E-state index in [4.69, 9.17) is 16.3 Å². The Labute approximate surface area is 161 Å². The number of ether oxygens (including phenoxy) is 1. The normalized spacial score (nSPS) is 16.8. The van der Waals surface area contributed by atoms with Crippen molar-refractivity contribution >= 4 is 36.4 Å². The Balaban J connectivity index is 0.00000144. The van der Waals surface area contributed by atoms with Crippen LogP contribution in [0.1, 0.15) is 17.2 Å². The number of nitrogens with one attached hydrogen (secondary N) is 1. The molecule has 0 saturated carbocycles. The minimum atomic E-state index is 0. The van der Waals surface area contributed by atoms with Gasteiger partial charge < -0.3 is 10.1 Å². The van der Waals surface area contributed by atoms with E-state index in [1.165, 1.54) is 5.56 Å². The Morgan fingerprint density at radius 2 is 1.92 bits per heavy atom. The molecule has 6 heteroatoms. The van der Waals surface area contributed by atoms with Gasteiger partial charge in [0.25, 0.3) is 0 Å². The van der Waals surface area contributed by atoms with Crippen molar-refractivity contribution in [1.82, 2.24) is 10.2 Å². The van der Waals surface area contributed by atoms with Crippen molar-refractivity contribution < 1.29 is 4.74 Å². The van der Waals surface area contributed by atoms with Gasteiger partial charge in [-0.3, -0.25) is 4.90 Å². The van der Waals surface area contributed by atoms with Crippen LogP contribution in [0.4, 0.5) is 0 Å². The van der Waals surface area contributed by atoms with Gasteiger partial charge in [0.05, 0.1) is 6.04 Å². The van der Waals surface area contributed by atoms with Crippen LogP contribution in [-0.2, 0) is 0 Å². The van der Waals surface area contributed by atoms with Gasteiger partial charge in [0.15, 0.2) is 0 Å². The number of fused-ring (bicyclic) bond motifs is 1. The molecule has 1 aliphatic heterocycles. The van der Waals surface area contributed by atoms with Crippen molar-refractivity contribution in [1.29, 1.82) is 0 Å². The Bertz CT molecular complexity index is 623. The van der Waals surface area contributed by atoms with E-state index in [2.05, 4.69) is 34.5 Å². The third-order valence-electron chi connectivity index (χ3n) is 4.03. The first-order chi connectivity index (χ1) is 10.8. The van der Waals surface area contributed by atoms with Crippen LogP contribution in [0.3, 0.4) is 0 Å². The lowest BCUT2D eigenvalue weighted by Gasteiger charge is -2.30. The molecule has 0 amide bonds. The van der Waals surface area contributed by atoms with Crippen LogP contribution in [0, 0.1) is 0 Å². The molecule has 0 radical (unpaired) electrons. The van der Waals surface area contributed by atoms with E-state index in [0.29, 0.717) is 6.61 Å². The molecule has 1 N–H and O–H groups in total. The first kappa shape index (κ1) is 21.1. The van der Waals surface area contributed by atoms with Crippen molar-refractivity contribution in [2.75, 3.05) is 33.3 Å². The number of rotatable bonds is 4. The zero-order chi connectivity index (χ0) is 15.4. The van der Waals surface area contributed by atoms with E-state index in [-0.39, 0.29) is 30.9 Å². The molecule has 1 aliphatic rings. The van der Waals surface area contributed by atoms with Crippen molar-refractivity contribution in [2.24, 2.45) is 0 Å². The number of hydrogen-bond donors (Lipinski definition) is 1. The molecule has 1 atom stereocenters. The summed E-state index contributed by atoms with van der Waals surface area (Å²) >= 11 is 6.25. The predicted octanol–water partition coefficient (Wildman–Crippen LogP) is 4.19. The lowest BCUT2D eigenvalue weighted by Crippen LogP contribution is -2.36. The van der Waals surface area contributed by atoms with Crippen LogP contribution in [0.5, 0.6) is 5.75 Å². The molecule has 2 aromatic carbocycles. The molecule has 2 aromatic rings. The molecule has 0 aromatic heterocycles. The second kappa shape index (κ2) is 10.1. The van der Waals surface area contributed by atoms with Crippen LogP contribution in [0.15, 0.2) is 48.5 Å². The lowest BCUT2D eigenvalue weighted by molar-refractivity contribution is 0.203. The standard InChI is InChI=1S/C18H21ClN2O.2ClH/c1-20-9-10-21-11-12-22-17-8-7-15(19)13-16(17)18(21)14-5-3-2-4-6-14;;/h2-8,13,18,20H,9-12H2,1H3;2*1H. The van der Waals surface area contributed by atoms with Gasteiger partial charge in [-0.05, 0) is 30.8 Å². The van der Waals surface area contributed by atoms with Crippen LogP contribution in [0.25, 0.3) is 0 Å². The van der Waals surface area contributed by atoms with Crippen LogP contribution < -0.4 is 10.1 Å². The zero-order valence-electron chi connectivity index (χ0n) is 13.6. The summed E-state index contributed by atoms with van der Waals surface area (Å²) < 4.78 is 5.94. The Hall–Kier alpha value is -0.970. The highest BCUT2D eigenvalue weighted by Crippen LogP contribution is 2.37. The van der Waals surface area contributed by atoms with Crippen LogP contribution >= 0.6 is 36.4 Å². The number of halogens is 3. The highest BCUT2D eigenvalue weighted by atomic mass is 35.5. The minimum absolute atomic E-state index is 0. The maximum absolute atomic E-state index is 6.25. The van der Waals surface area contributed by atoms with Gasteiger partial charge in [0, 0.05) is 30.2 Å². The molecule has 0 fully saturated rings. The van der Waals surface area contributed by atoms with Gasteiger partial charge in [-0.2, -0.15) is 0 Å². The SMILES string of the molecule is CNCCN1CCOc2ccc(Cl)cc2C1c1ccccc1.Cl.Cl. The number of nitrogens with zero attached hydrogens (tertiary/aromatic N) is 1. The zero-order valence-corrected chi connectivity index (χ0v) is 16.0. The quantitative estimate of drug-likeness (QED) is 0.848. The van der Waals surface area contributed by atoms with E-state index in [1.54, 1.807) is 0 Å². The predicted molar refractivity (Wildman–Crippen MR) is 105 cm³/mol. The van der Waals surface area contributed by atoms with Crippen LogP contribution in [-0.4, -0.2) is 38.2 Å². The summed E-state index contributed by atoms with van der Waals surface area (Å²) in [4.78, 5) is 2.45. The van der Waals surface area contributed by atoms with Gasteiger partial charge >= 0.3 is 0 Å². The summed E-state index contributed by atoms with van der Waals surface area (Å²) in [7, 11) is 1.98. The smallest absolute Gasteiger partial charge is 0.124 e. The topological polar surface area (TPSA) is 24.5 Å². The first-order valence-corrected chi connectivity index (χ1v) is 8.03. The molecule has 24 heavy (non-hydrogen) atoms. The molecule has 3 nitrogen and oxygen atoms in total. The highest BCUT2D eigenvalue weighted by molar-refractivity contribution is 6.30. The minimum Gasteiger partial charge on any atom is -0.492 e. The van der Waals surface area contributed by atoms with Gasteiger partial charge in [0.2, 0.25) is 0 Å². The molecule has 132 valence electrons. The monoisotopic (exact) mass is 388 g/mol. The highest BCUT2D eigenvalue weighted by Gasteiger charge is 2.27. The largest absolute Gasteiger partial charge is 0.492 e. The fraction of sp³-hybridized carbons (Fsp3) is 0.333. The van der Waals surface area contributed by atoms with Crippen molar-refractivity contribution in [3.8, 4) is 5.75 Å². The van der Waals surface area contributed by atoms with Gasteiger partial charge in [-0.1, -0.05) is 41.9 Å². The third-order valence-corrected chi connectivity index (χ3v) is 4.27. The Morgan fingerprint density at radius 3 is 2.62 bits per heavy atom. The third kappa shape index (κ3) is 4.78. The summed E-state index contributed by atoms with van der Waals surface area (Å²) in [6.07, 6.45) is 0. The van der Waals surface area contributed by atoms with Gasteiger partial charge in [0.1, 0.15) is 12.4 Å². The van der Waals surface area contributed by atoms with Crippen molar-refractivity contribution in [3.63, 3.8) is 0 Å². The number of likely N-dealkylation sites (N-methyl/N-ethyl adjacent to an activating group) is 1. The molecular formula is C18H23Cl3N2O. The molecule has 0 aliphatic carbocycles. The number of benzene rings is 2. The molecule has 0 saturated heterocycles. The average Bonchev–Trinajstić information content (AvgIpc) is 2.72. The Morgan fingerprint density at radius 1 is 1.17 bits per heavy atom. The first-order valence-electron chi connectivity index (χ1n) is 7.65. The molecular weight excluding hydrogens is 367 g/mol. The summed E-state index contributed by atoms with van der Waals surface area (Å²) in [5.74, 6) is 0.935. The van der Waals surface area contributed by atoms with E-state index in [0.717, 1.165) is 36.0 Å². The van der Waals surface area contributed by atoms with Gasteiger partial charge in [-0.25, -0.2) is 0 Å². The summed E-state index contributed by atoms with van der Waals surface area (Å²) in [6, 6.07) is 16.6. The summed E-state index contributed by atoms with van der Waals surface area (Å²) in [6.45, 7) is 3.50. The fourth-order valence-corrected chi connectivity index (χ4v) is 3.17. The maximum Gasteiger partial charge on any atom is 0.124 e.